The minimum atomic E-state index is -0.470. The number of fused-ring (bicyclic) bond motifs is 1. The van der Waals surface area contributed by atoms with E-state index in [1.54, 1.807) is 0 Å². The Morgan fingerprint density at radius 3 is 2.74 bits per heavy atom. The Balaban J connectivity index is 1.42. The number of benzene rings is 2. The fraction of sp³-hybridized carbons (Fsp3) is 0.478. The quantitative estimate of drug-likeness (QED) is 0.853. The smallest absolute Gasteiger partial charge is 0.124 e. The Kier molecular flexibility index (Phi) is 5.48. The molecule has 2 N–H and O–H groups in total. The average Bonchev–Trinajstić information content (AvgIpc) is 2.68. The van der Waals surface area contributed by atoms with E-state index in [1.165, 1.54) is 16.7 Å². The van der Waals surface area contributed by atoms with Crippen LogP contribution in [0.15, 0.2) is 48.5 Å². The molecule has 4 heteroatoms. The predicted molar refractivity (Wildman–Crippen MR) is 108 cm³/mol. The first-order valence-corrected chi connectivity index (χ1v) is 10.0. The van der Waals surface area contributed by atoms with Crippen molar-refractivity contribution in [2.75, 3.05) is 26.2 Å². The van der Waals surface area contributed by atoms with Crippen molar-refractivity contribution in [2.24, 2.45) is 5.92 Å². The van der Waals surface area contributed by atoms with E-state index < -0.39 is 5.60 Å². The van der Waals surface area contributed by atoms with Crippen LogP contribution in [0, 0.1) is 12.8 Å². The number of rotatable bonds is 5. The van der Waals surface area contributed by atoms with Gasteiger partial charge in [-0.05, 0) is 43.5 Å². The molecule has 0 bridgehead atoms. The van der Waals surface area contributed by atoms with E-state index in [2.05, 4.69) is 59.6 Å². The first kappa shape index (κ1) is 18.5. The highest BCUT2D eigenvalue weighted by Gasteiger charge is 2.42. The van der Waals surface area contributed by atoms with E-state index in [1.807, 2.05) is 6.07 Å². The van der Waals surface area contributed by atoms with Crippen LogP contribution in [0.2, 0.25) is 0 Å². The lowest BCUT2D eigenvalue weighted by Gasteiger charge is -2.47. The highest BCUT2D eigenvalue weighted by atomic mass is 16.5. The lowest BCUT2D eigenvalue weighted by atomic mass is 9.76. The summed E-state index contributed by atoms with van der Waals surface area (Å²) in [5, 5.41) is 14.3. The first-order valence-electron chi connectivity index (χ1n) is 10.0. The van der Waals surface area contributed by atoms with Gasteiger partial charge in [-0.15, -0.1) is 0 Å². The lowest BCUT2D eigenvalue weighted by Crippen LogP contribution is -2.58. The van der Waals surface area contributed by atoms with Crippen LogP contribution in [0.1, 0.15) is 29.5 Å². The molecule has 27 heavy (non-hydrogen) atoms. The maximum Gasteiger partial charge on any atom is 0.124 e. The number of aliphatic hydroxyl groups is 1. The maximum absolute atomic E-state index is 10.9. The van der Waals surface area contributed by atoms with Crippen LogP contribution >= 0.6 is 0 Å². The molecule has 0 unspecified atom stereocenters. The molecular weight excluding hydrogens is 336 g/mol. The van der Waals surface area contributed by atoms with Crippen molar-refractivity contribution >= 4 is 0 Å². The topological polar surface area (TPSA) is 44.7 Å². The molecule has 0 spiro atoms. The fourth-order valence-corrected chi connectivity index (χ4v) is 4.38. The number of hydrogen-bond acceptors (Lipinski definition) is 4. The van der Waals surface area contributed by atoms with Crippen LogP contribution in [-0.4, -0.2) is 41.8 Å². The van der Waals surface area contributed by atoms with Crippen molar-refractivity contribution in [3.05, 3.63) is 65.2 Å². The van der Waals surface area contributed by atoms with Gasteiger partial charge in [-0.3, -0.25) is 4.90 Å². The number of aryl methyl sites for hydroxylation is 1. The molecule has 0 aromatic heterocycles. The van der Waals surface area contributed by atoms with Gasteiger partial charge in [0.05, 0.1) is 5.60 Å². The second-order valence-electron chi connectivity index (χ2n) is 8.06. The van der Waals surface area contributed by atoms with E-state index in [-0.39, 0.29) is 0 Å². The zero-order valence-electron chi connectivity index (χ0n) is 16.2. The number of nitrogens with zero attached hydrogens (tertiary/aromatic N) is 1. The number of para-hydroxylation sites is 1. The molecule has 2 aliphatic heterocycles. The van der Waals surface area contributed by atoms with Gasteiger partial charge in [0.25, 0.3) is 0 Å². The van der Waals surface area contributed by atoms with Crippen LogP contribution in [0.4, 0.5) is 0 Å². The molecule has 144 valence electrons. The van der Waals surface area contributed by atoms with E-state index in [0.717, 1.165) is 51.3 Å². The molecule has 4 rings (SSSR count). The zero-order valence-corrected chi connectivity index (χ0v) is 16.2. The van der Waals surface area contributed by atoms with Crippen molar-refractivity contribution in [1.82, 2.24) is 10.2 Å². The molecule has 2 aromatic rings. The largest absolute Gasteiger partial charge is 0.489 e. The molecule has 0 saturated carbocycles. The second kappa shape index (κ2) is 8.01. The Bertz CT molecular complexity index is 778. The van der Waals surface area contributed by atoms with Gasteiger partial charge in [-0.25, -0.2) is 0 Å². The van der Waals surface area contributed by atoms with E-state index in [0.29, 0.717) is 12.5 Å². The SMILES string of the molecule is Cc1ccccc1COc1ccccc1CN1CC[C@@]2(O)CCNC[C@H]2C1. The van der Waals surface area contributed by atoms with Crippen LogP contribution in [-0.2, 0) is 13.2 Å². The molecule has 0 radical (unpaired) electrons. The van der Waals surface area contributed by atoms with E-state index >= 15 is 0 Å². The summed E-state index contributed by atoms with van der Waals surface area (Å²) in [6.45, 7) is 7.32. The minimum absolute atomic E-state index is 0.319. The molecule has 0 amide bonds. The Morgan fingerprint density at radius 1 is 1.11 bits per heavy atom. The van der Waals surface area contributed by atoms with Crippen LogP contribution in [0.3, 0.4) is 0 Å². The van der Waals surface area contributed by atoms with Gasteiger partial charge >= 0.3 is 0 Å². The summed E-state index contributed by atoms with van der Waals surface area (Å²) in [7, 11) is 0. The van der Waals surface area contributed by atoms with Gasteiger partial charge in [0, 0.05) is 37.7 Å². The normalized spacial score (nSPS) is 25.8. The van der Waals surface area contributed by atoms with Crippen LogP contribution < -0.4 is 10.1 Å². The lowest BCUT2D eigenvalue weighted by molar-refractivity contribution is -0.0900. The summed E-state index contributed by atoms with van der Waals surface area (Å²) >= 11 is 0. The van der Waals surface area contributed by atoms with E-state index in [4.69, 9.17) is 4.74 Å². The number of ether oxygens (including phenoxy) is 1. The summed E-state index contributed by atoms with van der Waals surface area (Å²) in [5.74, 6) is 1.28. The van der Waals surface area contributed by atoms with Crippen molar-refractivity contribution in [1.29, 1.82) is 0 Å². The van der Waals surface area contributed by atoms with E-state index in [9.17, 15) is 5.11 Å². The minimum Gasteiger partial charge on any atom is -0.489 e. The molecule has 2 saturated heterocycles. The van der Waals surface area contributed by atoms with Gasteiger partial charge < -0.3 is 15.2 Å². The molecule has 0 aliphatic carbocycles. The molecule has 2 fully saturated rings. The standard InChI is InChI=1S/C23H30N2O2/c1-18-6-2-3-8-20(18)17-27-22-9-5-4-7-19(22)15-25-13-11-23(26)10-12-24-14-21(23)16-25/h2-9,21,24,26H,10-17H2,1H3/t21-,23-/m0/s1. The Morgan fingerprint density at radius 2 is 1.89 bits per heavy atom. The highest BCUT2D eigenvalue weighted by Crippen LogP contribution is 2.34. The Labute approximate surface area is 162 Å². The third-order valence-electron chi connectivity index (χ3n) is 6.24. The van der Waals surface area contributed by atoms with Crippen molar-refractivity contribution in [2.45, 2.75) is 38.5 Å². The first-order chi connectivity index (χ1) is 13.1. The second-order valence-corrected chi connectivity index (χ2v) is 8.06. The molecule has 2 aliphatic rings. The summed E-state index contributed by atoms with van der Waals surface area (Å²) in [5.41, 5.74) is 3.24. The van der Waals surface area contributed by atoms with Crippen molar-refractivity contribution in [3.8, 4) is 5.75 Å². The molecular formula is C23H30N2O2. The molecule has 2 heterocycles. The molecule has 2 aromatic carbocycles. The number of hydrogen-bond donors (Lipinski definition) is 2. The third kappa shape index (κ3) is 4.18. The van der Waals surface area contributed by atoms with Crippen molar-refractivity contribution in [3.63, 3.8) is 0 Å². The number of piperidine rings is 2. The molecule has 4 nitrogen and oxygen atoms in total. The predicted octanol–water partition coefficient (Wildman–Crippen LogP) is 3.12. The van der Waals surface area contributed by atoms with Gasteiger partial charge in [0.2, 0.25) is 0 Å². The average molecular weight is 367 g/mol. The van der Waals surface area contributed by atoms with Gasteiger partial charge in [0.15, 0.2) is 0 Å². The number of nitrogens with one attached hydrogen (secondary N) is 1. The summed E-state index contributed by atoms with van der Waals surface area (Å²) in [6.07, 6.45) is 1.74. The van der Waals surface area contributed by atoms with Gasteiger partial charge in [-0.1, -0.05) is 42.5 Å². The third-order valence-corrected chi connectivity index (χ3v) is 6.24. The summed E-state index contributed by atoms with van der Waals surface area (Å²) in [4.78, 5) is 2.46. The van der Waals surface area contributed by atoms with Crippen LogP contribution in [0.5, 0.6) is 5.75 Å². The fourth-order valence-electron chi connectivity index (χ4n) is 4.38. The number of likely N-dealkylation sites (tertiary alicyclic amines) is 1. The highest BCUT2D eigenvalue weighted by molar-refractivity contribution is 5.34. The monoisotopic (exact) mass is 366 g/mol. The summed E-state index contributed by atoms with van der Waals surface area (Å²) in [6, 6.07) is 16.7. The molecule has 2 atom stereocenters. The van der Waals surface area contributed by atoms with Gasteiger partial charge in [-0.2, -0.15) is 0 Å². The van der Waals surface area contributed by atoms with Crippen LogP contribution in [0.25, 0.3) is 0 Å². The van der Waals surface area contributed by atoms with Gasteiger partial charge in [0.1, 0.15) is 12.4 Å². The maximum atomic E-state index is 10.9. The van der Waals surface area contributed by atoms with Crippen molar-refractivity contribution < 1.29 is 9.84 Å². The Hall–Kier alpha value is -1.88. The zero-order chi connectivity index (χ0) is 18.7. The summed E-state index contributed by atoms with van der Waals surface area (Å²) < 4.78 is 6.18.